The van der Waals surface area contributed by atoms with Gasteiger partial charge in [0, 0.05) is 0 Å². The van der Waals surface area contributed by atoms with E-state index in [0.29, 0.717) is 6.42 Å². The normalized spacial score (nSPS) is 19.8. The molecule has 0 bridgehead atoms. The number of halogens is 4. The molecular formula is C9H10ClF3O. The number of ether oxygens (including phenoxy) is 1. The van der Waals surface area contributed by atoms with Gasteiger partial charge in [0.25, 0.3) is 0 Å². The average molecular weight is 227 g/mol. The lowest BCUT2D eigenvalue weighted by atomic mass is 10.2. The van der Waals surface area contributed by atoms with Crippen LogP contribution in [-0.2, 0) is 4.74 Å². The summed E-state index contributed by atoms with van der Waals surface area (Å²) >= 11 is 5.68. The zero-order chi connectivity index (χ0) is 10.8. The van der Waals surface area contributed by atoms with Crippen molar-refractivity contribution in [1.82, 2.24) is 0 Å². The van der Waals surface area contributed by atoms with Gasteiger partial charge in [-0.1, -0.05) is 17.7 Å². The maximum atomic E-state index is 12.1. The highest BCUT2D eigenvalue weighted by molar-refractivity contribution is 6.31. The second-order valence-electron chi connectivity index (χ2n) is 3.00. The van der Waals surface area contributed by atoms with Gasteiger partial charge in [0.1, 0.15) is 5.76 Å². The molecular weight excluding hydrogens is 217 g/mol. The number of hydrogen-bond donors (Lipinski definition) is 0. The molecule has 1 rings (SSSR count). The molecule has 0 saturated carbocycles. The Balaban J connectivity index is 2.61. The highest BCUT2D eigenvalue weighted by atomic mass is 35.5. The molecule has 0 fully saturated rings. The molecule has 0 aromatic heterocycles. The van der Waals surface area contributed by atoms with E-state index in [9.17, 15) is 13.2 Å². The third kappa shape index (κ3) is 2.94. The van der Waals surface area contributed by atoms with Crippen LogP contribution in [0.15, 0.2) is 22.9 Å². The van der Waals surface area contributed by atoms with Crippen molar-refractivity contribution in [2.75, 3.05) is 0 Å². The molecule has 0 aromatic rings. The summed E-state index contributed by atoms with van der Waals surface area (Å²) < 4.78 is 41.1. The van der Waals surface area contributed by atoms with Gasteiger partial charge in [0.15, 0.2) is 6.10 Å². The predicted octanol–water partition coefficient (Wildman–Crippen LogP) is 3.75. The van der Waals surface area contributed by atoms with E-state index in [4.69, 9.17) is 16.3 Å². The number of hydrogen-bond acceptors (Lipinski definition) is 1. The minimum Gasteiger partial charge on any atom is -0.480 e. The Hall–Kier alpha value is -0.640. The first-order chi connectivity index (χ1) is 6.41. The van der Waals surface area contributed by atoms with Gasteiger partial charge in [-0.3, -0.25) is 0 Å². The van der Waals surface area contributed by atoms with Crippen molar-refractivity contribution in [2.45, 2.75) is 32.0 Å². The second-order valence-corrected chi connectivity index (χ2v) is 3.41. The molecule has 1 unspecified atom stereocenters. The molecule has 0 amide bonds. The Morgan fingerprint density at radius 2 is 1.93 bits per heavy atom. The highest BCUT2D eigenvalue weighted by Gasteiger charge is 2.38. The fraction of sp³-hybridized carbons (Fsp3) is 0.556. The zero-order valence-corrected chi connectivity index (χ0v) is 8.32. The Bertz CT molecular complexity index is 268. The minimum absolute atomic E-state index is 0.128. The molecule has 14 heavy (non-hydrogen) atoms. The summed E-state index contributed by atoms with van der Waals surface area (Å²) in [6, 6.07) is 0. The van der Waals surface area contributed by atoms with Crippen molar-refractivity contribution in [3.63, 3.8) is 0 Å². The molecule has 5 heteroatoms. The van der Waals surface area contributed by atoms with Gasteiger partial charge in [0.05, 0.1) is 5.03 Å². The van der Waals surface area contributed by atoms with Gasteiger partial charge < -0.3 is 4.74 Å². The molecule has 1 aliphatic carbocycles. The summed E-state index contributed by atoms with van der Waals surface area (Å²) in [6.07, 6.45) is -1.55. The Morgan fingerprint density at radius 1 is 1.36 bits per heavy atom. The van der Waals surface area contributed by atoms with E-state index < -0.39 is 12.3 Å². The first-order valence-electron chi connectivity index (χ1n) is 4.21. The molecule has 0 heterocycles. The summed E-state index contributed by atoms with van der Waals surface area (Å²) in [4.78, 5) is 0. The van der Waals surface area contributed by atoms with Gasteiger partial charge in [-0.05, 0) is 25.8 Å². The van der Waals surface area contributed by atoms with Gasteiger partial charge in [-0.25, -0.2) is 0 Å². The van der Waals surface area contributed by atoms with Crippen LogP contribution in [0.3, 0.4) is 0 Å². The maximum Gasteiger partial charge on any atom is 0.425 e. The number of alkyl halides is 3. The van der Waals surface area contributed by atoms with Crippen molar-refractivity contribution in [2.24, 2.45) is 0 Å². The zero-order valence-electron chi connectivity index (χ0n) is 7.57. The van der Waals surface area contributed by atoms with Gasteiger partial charge in [-0.2, -0.15) is 13.2 Å². The van der Waals surface area contributed by atoms with E-state index in [1.807, 2.05) is 0 Å². The topological polar surface area (TPSA) is 9.23 Å². The lowest BCUT2D eigenvalue weighted by Crippen LogP contribution is -2.28. The quantitative estimate of drug-likeness (QED) is 0.697. The van der Waals surface area contributed by atoms with Crippen LogP contribution in [0, 0.1) is 0 Å². The SMILES string of the molecule is CC(OC1=CCCC=C1Cl)C(F)(F)F. The monoisotopic (exact) mass is 226 g/mol. The van der Waals surface area contributed by atoms with Crippen LogP contribution in [0.25, 0.3) is 0 Å². The van der Waals surface area contributed by atoms with Crippen molar-refractivity contribution in [3.05, 3.63) is 22.9 Å². The molecule has 1 atom stereocenters. The van der Waals surface area contributed by atoms with Crippen LogP contribution in [0.4, 0.5) is 13.2 Å². The summed E-state index contributed by atoms with van der Waals surface area (Å²) in [5.41, 5.74) is 0. The fourth-order valence-electron chi connectivity index (χ4n) is 0.984. The molecule has 0 aromatic carbocycles. The van der Waals surface area contributed by atoms with Crippen LogP contribution in [-0.4, -0.2) is 12.3 Å². The fourth-order valence-corrected chi connectivity index (χ4v) is 1.22. The van der Waals surface area contributed by atoms with Gasteiger partial charge in [0.2, 0.25) is 0 Å². The molecule has 0 radical (unpaired) electrons. The van der Waals surface area contributed by atoms with Crippen LogP contribution >= 0.6 is 11.6 Å². The Labute approximate surface area is 85.2 Å². The Morgan fingerprint density at radius 3 is 2.43 bits per heavy atom. The van der Waals surface area contributed by atoms with Gasteiger partial charge >= 0.3 is 6.18 Å². The molecule has 0 aliphatic heterocycles. The average Bonchev–Trinajstić information content (AvgIpc) is 2.07. The summed E-state index contributed by atoms with van der Waals surface area (Å²) in [7, 11) is 0. The van der Waals surface area contributed by atoms with E-state index in [1.54, 1.807) is 12.2 Å². The number of allylic oxidation sites excluding steroid dienone is 3. The van der Waals surface area contributed by atoms with Crippen molar-refractivity contribution in [3.8, 4) is 0 Å². The largest absolute Gasteiger partial charge is 0.480 e. The molecule has 1 aliphatic rings. The third-order valence-corrected chi connectivity index (χ3v) is 2.16. The second kappa shape index (κ2) is 4.26. The van der Waals surface area contributed by atoms with E-state index in [1.165, 1.54) is 0 Å². The molecule has 0 spiro atoms. The van der Waals surface area contributed by atoms with E-state index in [0.717, 1.165) is 13.3 Å². The van der Waals surface area contributed by atoms with Crippen LogP contribution < -0.4 is 0 Å². The van der Waals surface area contributed by atoms with E-state index in [-0.39, 0.29) is 10.8 Å². The van der Waals surface area contributed by atoms with E-state index in [2.05, 4.69) is 0 Å². The summed E-state index contributed by atoms with van der Waals surface area (Å²) in [5, 5.41) is 0.257. The Kier molecular flexibility index (Phi) is 3.48. The molecule has 80 valence electrons. The summed E-state index contributed by atoms with van der Waals surface area (Å²) in [6.45, 7) is 0.958. The maximum absolute atomic E-state index is 12.1. The van der Waals surface area contributed by atoms with Crippen LogP contribution in [0.2, 0.25) is 0 Å². The van der Waals surface area contributed by atoms with Gasteiger partial charge in [-0.15, -0.1) is 0 Å². The van der Waals surface area contributed by atoms with Crippen molar-refractivity contribution >= 4 is 11.6 Å². The lowest BCUT2D eigenvalue weighted by molar-refractivity contribution is -0.202. The van der Waals surface area contributed by atoms with Crippen molar-refractivity contribution in [1.29, 1.82) is 0 Å². The first kappa shape index (κ1) is 11.4. The van der Waals surface area contributed by atoms with E-state index >= 15 is 0 Å². The first-order valence-corrected chi connectivity index (χ1v) is 4.58. The number of rotatable bonds is 2. The lowest BCUT2D eigenvalue weighted by Gasteiger charge is -2.20. The van der Waals surface area contributed by atoms with Crippen molar-refractivity contribution < 1.29 is 17.9 Å². The smallest absolute Gasteiger partial charge is 0.425 e. The highest BCUT2D eigenvalue weighted by Crippen LogP contribution is 2.29. The predicted molar refractivity (Wildman–Crippen MR) is 47.9 cm³/mol. The van der Waals surface area contributed by atoms with Crippen LogP contribution in [0.5, 0.6) is 0 Å². The summed E-state index contributed by atoms with van der Waals surface area (Å²) in [5.74, 6) is 0.128. The minimum atomic E-state index is -4.35. The molecule has 1 nitrogen and oxygen atoms in total. The third-order valence-electron chi connectivity index (χ3n) is 1.82. The molecule has 0 N–H and O–H groups in total. The van der Waals surface area contributed by atoms with Crippen LogP contribution in [0.1, 0.15) is 19.8 Å². The molecule has 0 saturated heterocycles. The standard InChI is InChI=1S/C9H10ClF3O/c1-6(9(11,12)13)14-8-5-3-2-4-7(8)10/h4-6H,2-3H2,1H3.